The van der Waals surface area contributed by atoms with Gasteiger partial charge in [0.15, 0.2) is 6.61 Å². The molecule has 0 aliphatic carbocycles. The highest BCUT2D eigenvalue weighted by atomic mass is 16.5. The van der Waals surface area contributed by atoms with Gasteiger partial charge >= 0.3 is 5.97 Å². The molecular formula is C19H28N2O4. The molecule has 1 aromatic carbocycles. The first-order chi connectivity index (χ1) is 12.0. The standard InChI is InChI=1S/C19H28N2O4/c1-4-11-20-16(22)12-21-17(23)13-25-19(24)18(14(3)5-2)15-9-7-6-8-10-15/h6-10,14,18H,4-5,11-13H2,1-3H3,(H,20,22)(H,21,23)/t14-,18+/m0/s1. The molecule has 2 N–H and O–H groups in total. The Kier molecular flexibility index (Phi) is 9.29. The van der Waals surface area contributed by atoms with Crippen molar-refractivity contribution in [1.82, 2.24) is 10.6 Å². The highest BCUT2D eigenvalue weighted by Gasteiger charge is 2.27. The molecule has 2 amide bonds. The van der Waals surface area contributed by atoms with E-state index in [0.717, 1.165) is 18.4 Å². The first kappa shape index (κ1) is 20.7. The van der Waals surface area contributed by atoms with E-state index in [1.54, 1.807) is 0 Å². The van der Waals surface area contributed by atoms with Gasteiger partial charge in [-0.2, -0.15) is 0 Å². The maximum absolute atomic E-state index is 12.4. The number of esters is 1. The van der Waals surface area contributed by atoms with Crippen LogP contribution in [-0.2, 0) is 19.1 Å². The van der Waals surface area contributed by atoms with Crippen LogP contribution in [0.5, 0.6) is 0 Å². The summed E-state index contributed by atoms with van der Waals surface area (Å²) in [6, 6.07) is 9.41. The van der Waals surface area contributed by atoms with Gasteiger partial charge in [-0.25, -0.2) is 0 Å². The molecule has 0 unspecified atom stereocenters. The van der Waals surface area contributed by atoms with Crippen molar-refractivity contribution in [1.29, 1.82) is 0 Å². The molecule has 1 aromatic rings. The zero-order valence-corrected chi connectivity index (χ0v) is 15.2. The molecule has 0 radical (unpaired) electrons. The summed E-state index contributed by atoms with van der Waals surface area (Å²) in [4.78, 5) is 35.6. The third-order valence-electron chi connectivity index (χ3n) is 3.99. The first-order valence-electron chi connectivity index (χ1n) is 8.74. The molecule has 1 rings (SSSR count). The van der Waals surface area contributed by atoms with E-state index in [4.69, 9.17) is 4.74 Å². The van der Waals surface area contributed by atoms with Crippen LogP contribution in [0, 0.1) is 5.92 Å². The lowest BCUT2D eigenvalue weighted by Gasteiger charge is -2.21. The summed E-state index contributed by atoms with van der Waals surface area (Å²) in [5.74, 6) is -1.49. The third-order valence-corrected chi connectivity index (χ3v) is 3.99. The second-order valence-electron chi connectivity index (χ2n) is 6.01. The Balaban J connectivity index is 2.52. The summed E-state index contributed by atoms with van der Waals surface area (Å²) in [6.45, 7) is 5.99. The van der Waals surface area contributed by atoms with Crippen LogP contribution in [0.2, 0.25) is 0 Å². The van der Waals surface area contributed by atoms with Crippen molar-refractivity contribution in [2.75, 3.05) is 19.7 Å². The van der Waals surface area contributed by atoms with Crippen LogP contribution in [-0.4, -0.2) is 37.5 Å². The SMILES string of the molecule is CCCNC(=O)CNC(=O)COC(=O)[C@@H](c1ccccc1)[C@@H](C)CC. The minimum atomic E-state index is -0.490. The number of amides is 2. The van der Waals surface area contributed by atoms with E-state index in [-0.39, 0.29) is 25.0 Å². The van der Waals surface area contributed by atoms with Crippen LogP contribution in [0.1, 0.15) is 45.1 Å². The van der Waals surface area contributed by atoms with Crippen LogP contribution in [0.15, 0.2) is 30.3 Å². The molecule has 138 valence electrons. The van der Waals surface area contributed by atoms with Gasteiger partial charge in [0.2, 0.25) is 5.91 Å². The number of hydrogen-bond acceptors (Lipinski definition) is 4. The molecule has 0 heterocycles. The van der Waals surface area contributed by atoms with Crippen LogP contribution < -0.4 is 10.6 Å². The second-order valence-corrected chi connectivity index (χ2v) is 6.01. The summed E-state index contributed by atoms with van der Waals surface area (Å²) in [6.07, 6.45) is 1.65. The number of carbonyl (C=O) groups excluding carboxylic acids is 3. The first-order valence-corrected chi connectivity index (χ1v) is 8.74. The minimum absolute atomic E-state index is 0.0952. The quantitative estimate of drug-likeness (QED) is 0.634. The van der Waals surface area contributed by atoms with E-state index in [1.165, 1.54) is 0 Å². The fraction of sp³-hybridized carbons (Fsp3) is 0.526. The maximum atomic E-state index is 12.4. The van der Waals surface area contributed by atoms with Crippen LogP contribution in [0.3, 0.4) is 0 Å². The average molecular weight is 348 g/mol. The Labute approximate surface area is 149 Å². The molecule has 2 atom stereocenters. The Bertz CT molecular complexity index is 560. The van der Waals surface area contributed by atoms with E-state index >= 15 is 0 Å². The van der Waals surface area contributed by atoms with Gasteiger partial charge < -0.3 is 15.4 Å². The lowest BCUT2D eigenvalue weighted by Crippen LogP contribution is -2.39. The lowest BCUT2D eigenvalue weighted by molar-refractivity contribution is -0.151. The van der Waals surface area contributed by atoms with Gasteiger partial charge in [0, 0.05) is 6.54 Å². The Morgan fingerprint density at radius 3 is 2.32 bits per heavy atom. The molecule has 0 aliphatic rings. The predicted molar refractivity (Wildman–Crippen MR) is 95.9 cm³/mol. The lowest BCUT2D eigenvalue weighted by atomic mass is 9.86. The van der Waals surface area contributed by atoms with E-state index in [9.17, 15) is 14.4 Å². The van der Waals surface area contributed by atoms with Gasteiger partial charge in [-0.15, -0.1) is 0 Å². The maximum Gasteiger partial charge on any atom is 0.314 e. The van der Waals surface area contributed by atoms with Crippen LogP contribution in [0.4, 0.5) is 0 Å². The van der Waals surface area contributed by atoms with Gasteiger partial charge in [0.05, 0.1) is 12.5 Å². The molecule has 0 saturated heterocycles. The Morgan fingerprint density at radius 2 is 1.72 bits per heavy atom. The number of nitrogens with one attached hydrogen (secondary N) is 2. The number of hydrogen-bond donors (Lipinski definition) is 2. The molecule has 0 bridgehead atoms. The highest BCUT2D eigenvalue weighted by Crippen LogP contribution is 2.28. The second kappa shape index (κ2) is 11.2. The number of ether oxygens (including phenoxy) is 1. The van der Waals surface area contributed by atoms with Crippen molar-refractivity contribution in [3.05, 3.63) is 35.9 Å². The zero-order valence-electron chi connectivity index (χ0n) is 15.2. The third kappa shape index (κ3) is 7.37. The molecular weight excluding hydrogens is 320 g/mol. The smallest absolute Gasteiger partial charge is 0.314 e. The highest BCUT2D eigenvalue weighted by molar-refractivity contribution is 5.87. The van der Waals surface area contributed by atoms with E-state index in [1.807, 2.05) is 51.1 Å². The fourth-order valence-electron chi connectivity index (χ4n) is 2.38. The van der Waals surface area contributed by atoms with Crippen molar-refractivity contribution in [3.8, 4) is 0 Å². The molecule has 6 nitrogen and oxygen atoms in total. The van der Waals surface area contributed by atoms with Crippen molar-refractivity contribution >= 4 is 17.8 Å². The van der Waals surface area contributed by atoms with Crippen molar-refractivity contribution in [3.63, 3.8) is 0 Å². The Hall–Kier alpha value is -2.37. The summed E-state index contributed by atoms with van der Waals surface area (Å²) in [7, 11) is 0. The van der Waals surface area contributed by atoms with Crippen molar-refractivity contribution in [2.24, 2.45) is 5.92 Å². The fourth-order valence-corrected chi connectivity index (χ4v) is 2.38. The van der Waals surface area contributed by atoms with Crippen LogP contribution in [0.25, 0.3) is 0 Å². The largest absolute Gasteiger partial charge is 0.455 e. The molecule has 0 fully saturated rings. The normalized spacial score (nSPS) is 12.8. The minimum Gasteiger partial charge on any atom is -0.455 e. The summed E-state index contributed by atoms with van der Waals surface area (Å²) in [5.41, 5.74) is 0.876. The van der Waals surface area contributed by atoms with Crippen molar-refractivity contribution < 1.29 is 19.1 Å². The molecule has 0 aromatic heterocycles. The van der Waals surface area contributed by atoms with E-state index in [2.05, 4.69) is 10.6 Å². The van der Waals surface area contributed by atoms with Crippen LogP contribution >= 0.6 is 0 Å². The van der Waals surface area contributed by atoms with Gasteiger partial charge in [-0.3, -0.25) is 14.4 Å². The van der Waals surface area contributed by atoms with Gasteiger partial charge in [-0.1, -0.05) is 57.5 Å². The molecule has 0 spiro atoms. The monoisotopic (exact) mass is 348 g/mol. The molecule has 6 heteroatoms. The number of rotatable bonds is 10. The van der Waals surface area contributed by atoms with Gasteiger partial charge in [0.1, 0.15) is 0 Å². The zero-order chi connectivity index (χ0) is 18.7. The van der Waals surface area contributed by atoms with Gasteiger partial charge in [0.25, 0.3) is 5.91 Å². The Morgan fingerprint density at radius 1 is 1.04 bits per heavy atom. The predicted octanol–water partition coefficient (Wildman–Crippen LogP) is 2.00. The molecule has 0 aliphatic heterocycles. The molecule has 0 saturated carbocycles. The van der Waals surface area contributed by atoms with Gasteiger partial charge in [-0.05, 0) is 17.9 Å². The topological polar surface area (TPSA) is 84.5 Å². The van der Waals surface area contributed by atoms with Crippen molar-refractivity contribution in [2.45, 2.75) is 39.5 Å². The summed E-state index contributed by atoms with van der Waals surface area (Å²) in [5, 5.41) is 5.09. The molecule has 25 heavy (non-hydrogen) atoms. The van der Waals surface area contributed by atoms with E-state index < -0.39 is 17.8 Å². The number of benzene rings is 1. The van der Waals surface area contributed by atoms with E-state index in [0.29, 0.717) is 6.54 Å². The summed E-state index contributed by atoms with van der Waals surface area (Å²) >= 11 is 0. The summed E-state index contributed by atoms with van der Waals surface area (Å²) < 4.78 is 5.17. The number of carbonyl (C=O) groups is 3. The average Bonchev–Trinajstić information content (AvgIpc) is 2.63.